The lowest BCUT2D eigenvalue weighted by Gasteiger charge is -2.04. The summed E-state index contributed by atoms with van der Waals surface area (Å²) in [4.78, 5) is 34.3. The first-order valence-corrected chi connectivity index (χ1v) is 7.38. The number of aryl methyl sites for hydroxylation is 1. The lowest BCUT2D eigenvalue weighted by atomic mass is 10.1. The van der Waals surface area contributed by atoms with Crippen molar-refractivity contribution < 1.29 is 23.8 Å². The van der Waals surface area contributed by atoms with Gasteiger partial charge in [-0.3, -0.25) is 10.1 Å². The van der Waals surface area contributed by atoms with E-state index in [1.165, 1.54) is 19.4 Å². The third-order valence-electron chi connectivity index (χ3n) is 3.04. The van der Waals surface area contributed by atoms with E-state index >= 15 is 0 Å². The van der Waals surface area contributed by atoms with Gasteiger partial charge in [0, 0.05) is 25.1 Å². The molecule has 1 heterocycles. The predicted octanol–water partition coefficient (Wildman–Crippen LogP) is 2.52. The van der Waals surface area contributed by atoms with Crippen molar-refractivity contribution >= 4 is 11.9 Å². The average molecular weight is 323 g/mol. The number of rotatable bonds is 8. The second-order valence-corrected chi connectivity index (χ2v) is 4.86. The normalized spacial score (nSPS) is 10.7. The molecule has 126 valence electrons. The van der Waals surface area contributed by atoms with Crippen LogP contribution in [0.1, 0.15) is 48.7 Å². The minimum absolute atomic E-state index is 0.190. The van der Waals surface area contributed by atoms with Crippen LogP contribution in [-0.4, -0.2) is 24.1 Å². The molecule has 23 heavy (non-hydrogen) atoms. The Bertz CT molecular complexity index is 632. The molecule has 0 aromatic carbocycles. The molecule has 2 N–H and O–H groups in total. The SMILES string of the molecule is CCCC(=O)c1c(O)cc(CCC/C=C/NC(=O)OC)oc1=O. The molecule has 1 aromatic rings. The molecule has 0 unspecified atom stereocenters. The molecule has 7 nitrogen and oxygen atoms in total. The molecule has 0 aliphatic rings. The summed E-state index contributed by atoms with van der Waals surface area (Å²) in [7, 11) is 1.27. The molecule has 0 bridgehead atoms. The predicted molar refractivity (Wildman–Crippen MR) is 83.5 cm³/mol. The molecule has 0 fully saturated rings. The first-order chi connectivity index (χ1) is 11.0. The van der Waals surface area contributed by atoms with E-state index < -0.39 is 17.5 Å². The van der Waals surface area contributed by atoms with Crippen LogP contribution in [0.2, 0.25) is 0 Å². The van der Waals surface area contributed by atoms with E-state index in [1.807, 2.05) is 6.92 Å². The van der Waals surface area contributed by atoms with Gasteiger partial charge in [-0.2, -0.15) is 0 Å². The van der Waals surface area contributed by atoms with Crippen molar-refractivity contribution in [3.63, 3.8) is 0 Å². The van der Waals surface area contributed by atoms with Gasteiger partial charge in [0.15, 0.2) is 5.78 Å². The highest BCUT2D eigenvalue weighted by Gasteiger charge is 2.17. The number of carbonyl (C=O) groups is 2. The Kier molecular flexibility index (Phi) is 7.59. The summed E-state index contributed by atoms with van der Waals surface area (Å²) in [6.45, 7) is 1.81. The monoisotopic (exact) mass is 323 g/mol. The maximum absolute atomic E-state index is 11.8. The van der Waals surface area contributed by atoms with E-state index in [1.54, 1.807) is 6.08 Å². The number of unbranched alkanes of at least 4 members (excludes halogenated alkanes) is 1. The average Bonchev–Trinajstić information content (AvgIpc) is 2.50. The number of hydrogen-bond acceptors (Lipinski definition) is 6. The molecule has 0 saturated carbocycles. The van der Waals surface area contributed by atoms with Gasteiger partial charge in [0.25, 0.3) is 0 Å². The van der Waals surface area contributed by atoms with Crippen molar-refractivity contribution in [1.29, 1.82) is 0 Å². The molecule has 7 heteroatoms. The number of aromatic hydroxyl groups is 1. The van der Waals surface area contributed by atoms with Gasteiger partial charge in [-0.1, -0.05) is 13.0 Å². The third-order valence-corrected chi connectivity index (χ3v) is 3.04. The van der Waals surface area contributed by atoms with Crippen molar-refractivity contribution in [2.45, 2.75) is 39.0 Å². The van der Waals surface area contributed by atoms with Gasteiger partial charge in [0.05, 0.1) is 7.11 Å². The molecule has 1 aromatic heterocycles. The fraction of sp³-hybridized carbons (Fsp3) is 0.438. The molecule has 0 saturated heterocycles. The first kappa shape index (κ1) is 18.5. The molecular formula is C16H21NO6. The number of alkyl carbamates (subject to hydrolysis) is 1. The highest BCUT2D eigenvalue weighted by Crippen LogP contribution is 2.18. The van der Waals surface area contributed by atoms with E-state index in [-0.39, 0.29) is 17.7 Å². The second-order valence-electron chi connectivity index (χ2n) is 4.86. The quantitative estimate of drug-likeness (QED) is 0.562. The molecule has 0 aliphatic heterocycles. The highest BCUT2D eigenvalue weighted by atomic mass is 16.5. The number of Topliss-reactive ketones (excluding diaryl/α,β-unsaturated/α-hetero) is 1. The number of nitrogens with one attached hydrogen (secondary N) is 1. The van der Waals surface area contributed by atoms with E-state index in [9.17, 15) is 19.5 Å². The van der Waals surface area contributed by atoms with Crippen molar-refractivity contribution in [2.75, 3.05) is 7.11 Å². The molecule has 0 radical (unpaired) electrons. The van der Waals surface area contributed by atoms with E-state index in [4.69, 9.17) is 4.42 Å². The van der Waals surface area contributed by atoms with Crippen LogP contribution in [0.3, 0.4) is 0 Å². The molecule has 0 spiro atoms. The Hall–Kier alpha value is -2.57. The minimum Gasteiger partial charge on any atom is -0.507 e. The van der Waals surface area contributed by atoms with E-state index in [0.717, 1.165) is 0 Å². The number of ketones is 1. The summed E-state index contributed by atoms with van der Waals surface area (Å²) in [6.07, 6.45) is 5.12. The highest BCUT2D eigenvalue weighted by molar-refractivity contribution is 5.97. The summed E-state index contributed by atoms with van der Waals surface area (Å²) >= 11 is 0. The Balaban J connectivity index is 2.58. The molecule has 1 rings (SSSR count). The zero-order chi connectivity index (χ0) is 17.2. The van der Waals surface area contributed by atoms with Crippen LogP contribution >= 0.6 is 0 Å². The lowest BCUT2D eigenvalue weighted by molar-refractivity contribution is 0.0974. The van der Waals surface area contributed by atoms with Crippen LogP contribution in [-0.2, 0) is 11.2 Å². The molecule has 0 atom stereocenters. The van der Waals surface area contributed by atoms with Crippen LogP contribution in [0.25, 0.3) is 0 Å². The molecule has 0 aliphatic carbocycles. The van der Waals surface area contributed by atoms with Crippen LogP contribution in [0.15, 0.2) is 27.6 Å². The lowest BCUT2D eigenvalue weighted by Crippen LogP contribution is -2.16. The zero-order valence-electron chi connectivity index (χ0n) is 13.3. The minimum atomic E-state index is -0.804. The summed E-state index contributed by atoms with van der Waals surface area (Å²) in [5.74, 6) is -0.436. The summed E-state index contributed by atoms with van der Waals surface area (Å²) in [5, 5.41) is 12.2. The second kappa shape index (κ2) is 9.45. The Morgan fingerprint density at radius 3 is 2.78 bits per heavy atom. The largest absolute Gasteiger partial charge is 0.507 e. The topological polar surface area (TPSA) is 106 Å². The first-order valence-electron chi connectivity index (χ1n) is 7.38. The van der Waals surface area contributed by atoms with Crippen molar-refractivity contribution in [2.24, 2.45) is 0 Å². The zero-order valence-corrected chi connectivity index (χ0v) is 13.3. The molecular weight excluding hydrogens is 302 g/mol. The van der Waals surface area contributed by atoms with Gasteiger partial charge in [0.2, 0.25) is 0 Å². The van der Waals surface area contributed by atoms with E-state index in [0.29, 0.717) is 31.4 Å². The number of allylic oxidation sites excluding steroid dienone is 1. The Labute approximate surface area is 134 Å². The van der Waals surface area contributed by atoms with Crippen LogP contribution in [0.4, 0.5) is 4.79 Å². The van der Waals surface area contributed by atoms with Crippen molar-refractivity contribution in [1.82, 2.24) is 5.32 Å². The maximum atomic E-state index is 11.8. The molecule has 1 amide bonds. The fourth-order valence-corrected chi connectivity index (χ4v) is 1.92. The third kappa shape index (κ3) is 5.98. The van der Waals surface area contributed by atoms with Gasteiger partial charge >= 0.3 is 11.7 Å². The van der Waals surface area contributed by atoms with E-state index in [2.05, 4.69) is 10.1 Å². The van der Waals surface area contributed by atoms with Gasteiger partial charge < -0.3 is 14.3 Å². The number of hydrogen-bond donors (Lipinski definition) is 2. The maximum Gasteiger partial charge on any atom is 0.410 e. The van der Waals surface area contributed by atoms with Crippen LogP contribution in [0.5, 0.6) is 5.75 Å². The number of ether oxygens (including phenoxy) is 1. The number of methoxy groups -OCH3 is 1. The van der Waals surface area contributed by atoms with Gasteiger partial charge in [-0.25, -0.2) is 9.59 Å². The Morgan fingerprint density at radius 1 is 1.43 bits per heavy atom. The van der Waals surface area contributed by atoms with Gasteiger partial charge in [-0.15, -0.1) is 0 Å². The smallest absolute Gasteiger partial charge is 0.410 e. The summed E-state index contributed by atoms with van der Waals surface area (Å²) in [6, 6.07) is 1.31. The van der Waals surface area contributed by atoms with Crippen molar-refractivity contribution in [3.05, 3.63) is 40.1 Å². The Morgan fingerprint density at radius 2 is 2.17 bits per heavy atom. The van der Waals surface area contributed by atoms with Gasteiger partial charge in [-0.05, 0) is 19.3 Å². The summed E-state index contributed by atoms with van der Waals surface area (Å²) in [5.41, 5.74) is -1.08. The van der Waals surface area contributed by atoms with Crippen LogP contribution < -0.4 is 10.9 Å². The fourth-order valence-electron chi connectivity index (χ4n) is 1.92. The van der Waals surface area contributed by atoms with Gasteiger partial charge in [0.1, 0.15) is 17.1 Å². The number of amides is 1. The number of carbonyl (C=O) groups excluding carboxylic acids is 2. The standard InChI is InChI=1S/C16H21NO6/c1-3-7-12(18)14-13(19)10-11(23-15(14)20)8-5-4-6-9-17-16(21)22-2/h6,9-10,19H,3-5,7-8H2,1-2H3,(H,17,21)/b9-6+. The van der Waals surface area contributed by atoms with Crippen molar-refractivity contribution in [3.8, 4) is 5.75 Å². The summed E-state index contributed by atoms with van der Waals surface area (Å²) < 4.78 is 9.46. The van der Waals surface area contributed by atoms with Crippen LogP contribution in [0, 0.1) is 0 Å².